The van der Waals surface area contributed by atoms with Gasteiger partial charge >= 0.3 is 6.09 Å². The van der Waals surface area contributed by atoms with Gasteiger partial charge in [-0.15, -0.1) is 0 Å². The van der Waals surface area contributed by atoms with Gasteiger partial charge in [0.25, 0.3) is 0 Å². The third kappa shape index (κ3) is 5.47. The van der Waals surface area contributed by atoms with Gasteiger partial charge in [-0.05, 0) is 43.9 Å². The molecular formula is C17H25N3O3. The van der Waals surface area contributed by atoms with Crippen molar-refractivity contribution in [2.45, 2.75) is 38.6 Å². The zero-order chi connectivity index (χ0) is 16.7. The zero-order valence-electron chi connectivity index (χ0n) is 13.6. The van der Waals surface area contributed by atoms with E-state index >= 15 is 0 Å². The van der Waals surface area contributed by atoms with E-state index in [4.69, 9.17) is 10.5 Å². The molecule has 1 aromatic rings. The maximum absolute atomic E-state index is 12.0. The van der Waals surface area contributed by atoms with Gasteiger partial charge < -0.3 is 20.7 Å². The number of benzene rings is 1. The van der Waals surface area contributed by atoms with Crippen LogP contribution in [0.5, 0.6) is 0 Å². The van der Waals surface area contributed by atoms with E-state index in [1.807, 2.05) is 24.3 Å². The summed E-state index contributed by atoms with van der Waals surface area (Å²) >= 11 is 0. The monoisotopic (exact) mass is 319 g/mol. The lowest BCUT2D eigenvalue weighted by Gasteiger charge is -2.31. The fourth-order valence-electron chi connectivity index (χ4n) is 2.66. The molecule has 126 valence electrons. The van der Waals surface area contributed by atoms with Crippen molar-refractivity contribution in [2.24, 2.45) is 0 Å². The second-order valence-corrected chi connectivity index (χ2v) is 5.77. The second kappa shape index (κ2) is 8.41. The summed E-state index contributed by atoms with van der Waals surface area (Å²) in [5, 5.41) is 3.05. The molecule has 1 aromatic carbocycles. The summed E-state index contributed by atoms with van der Waals surface area (Å²) in [5.41, 5.74) is 7.47. The Morgan fingerprint density at radius 1 is 1.26 bits per heavy atom. The van der Waals surface area contributed by atoms with Crippen molar-refractivity contribution >= 4 is 17.7 Å². The highest BCUT2D eigenvalue weighted by Crippen LogP contribution is 2.12. The quantitative estimate of drug-likeness (QED) is 0.812. The van der Waals surface area contributed by atoms with Crippen LogP contribution in [0.25, 0.3) is 0 Å². The lowest BCUT2D eigenvalue weighted by Crippen LogP contribution is -2.46. The summed E-state index contributed by atoms with van der Waals surface area (Å²) in [6.07, 6.45) is 2.44. The van der Waals surface area contributed by atoms with Gasteiger partial charge in [-0.25, -0.2) is 4.79 Å². The molecule has 0 unspecified atom stereocenters. The number of anilines is 1. The standard InChI is InChI=1S/C17H25N3O3/c1-2-23-17(22)20-11-9-15(10-12-20)19-16(21)8-5-13-3-6-14(18)7-4-13/h3-4,6-7,15H,2,5,8-12,18H2,1H3,(H,19,21). The minimum absolute atomic E-state index is 0.0522. The molecule has 0 aromatic heterocycles. The Balaban J connectivity index is 1.68. The Kier molecular flexibility index (Phi) is 6.26. The number of aryl methyl sites for hydroxylation is 1. The maximum Gasteiger partial charge on any atom is 0.409 e. The number of carbonyl (C=O) groups is 2. The van der Waals surface area contributed by atoms with Crippen molar-refractivity contribution in [3.05, 3.63) is 29.8 Å². The molecule has 0 atom stereocenters. The van der Waals surface area contributed by atoms with Crippen molar-refractivity contribution in [3.63, 3.8) is 0 Å². The fraction of sp³-hybridized carbons (Fsp3) is 0.529. The van der Waals surface area contributed by atoms with Crippen LogP contribution in [0, 0.1) is 0 Å². The van der Waals surface area contributed by atoms with Crippen molar-refractivity contribution in [3.8, 4) is 0 Å². The van der Waals surface area contributed by atoms with Crippen LogP contribution < -0.4 is 11.1 Å². The molecule has 1 aliphatic rings. The molecule has 23 heavy (non-hydrogen) atoms. The Morgan fingerprint density at radius 2 is 1.91 bits per heavy atom. The van der Waals surface area contributed by atoms with E-state index < -0.39 is 0 Å². The summed E-state index contributed by atoms with van der Waals surface area (Å²) in [4.78, 5) is 25.3. The van der Waals surface area contributed by atoms with Crippen molar-refractivity contribution in [1.82, 2.24) is 10.2 Å². The summed E-state index contributed by atoms with van der Waals surface area (Å²) in [5.74, 6) is 0.0522. The number of nitrogens with one attached hydrogen (secondary N) is 1. The van der Waals surface area contributed by atoms with Crippen LogP contribution in [0.3, 0.4) is 0 Å². The van der Waals surface area contributed by atoms with Crippen LogP contribution in [-0.2, 0) is 16.0 Å². The van der Waals surface area contributed by atoms with Gasteiger partial charge in [-0.1, -0.05) is 12.1 Å². The molecule has 1 heterocycles. The fourth-order valence-corrected chi connectivity index (χ4v) is 2.66. The largest absolute Gasteiger partial charge is 0.450 e. The van der Waals surface area contributed by atoms with E-state index in [9.17, 15) is 9.59 Å². The van der Waals surface area contributed by atoms with Gasteiger partial charge in [0.2, 0.25) is 5.91 Å². The number of nitrogens with zero attached hydrogens (tertiary/aromatic N) is 1. The van der Waals surface area contributed by atoms with Crippen molar-refractivity contribution in [1.29, 1.82) is 0 Å². The van der Waals surface area contributed by atoms with E-state index in [0.29, 0.717) is 32.5 Å². The highest BCUT2D eigenvalue weighted by molar-refractivity contribution is 5.76. The van der Waals surface area contributed by atoms with Crippen LogP contribution in [-0.4, -0.2) is 42.6 Å². The number of piperidine rings is 1. The lowest BCUT2D eigenvalue weighted by atomic mass is 10.0. The average Bonchev–Trinajstić information content (AvgIpc) is 2.55. The molecule has 2 rings (SSSR count). The number of nitrogens with two attached hydrogens (primary N) is 1. The first kappa shape index (κ1) is 17.1. The number of hydrogen-bond donors (Lipinski definition) is 2. The highest BCUT2D eigenvalue weighted by atomic mass is 16.6. The lowest BCUT2D eigenvalue weighted by molar-refractivity contribution is -0.122. The first-order valence-corrected chi connectivity index (χ1v) is 8.14. The minimum Gasteiger partial charge on any atom is -0.450 e. The van der Waals surface area contributed by atoms with Crippen molar-refractivity contribution < 1.29 is 14.3 Å². The number of carbonyl (C=O) groups excluding carboxylic acids is 2. The van der Waals surface area contributed by atoms with Gasteiger partial charge in [0.1, 0.15) is 0 Å². The maximum atomic E-state index is 12.0. The molecule has 6 heteroatoms. The highest BCUT2D eigenvalue weighted by Gasteiger charge is 2.24. The smallest absolute Gasteiger partial charge is 0.409 e. The summed E-state index contributed by atoms with van der Waals surface area (Å²) < 4.78 is 4.98. The average molecular weight is 319 g/mol. The third-order valence-corrected chi connectivity index (χ3v) is 4.01. The topological polar surface area (TPSA) is 84.7 Å². The van der Waals surface area contributed by atoms with Crippen LogP contribution in [0.1, 0.15) is 31.7 Å². The van der Waals surface area contributed by atoms with Gasteiger partial charge in [0, 0.05) is 31.2 Å². The number of likely N-dealkylation sites (tertiary alicyclic amines) is 1. The van der Waals surface area contributed by atoms with Crippen LogP contribution in [0.2, 0.25) is 0 Å². The number of ether oxygens (including phenoxy) is 1. The molecule has 1 aliphatic heterocycles. The molecule has 0 saturated carbocycles. The number of amides is 2. The Bertz CT molecular complexity index is 522. The Labute approximate surface area is 137 Å². The van der Waals surface area contributed by atoms with Gasteiger partial charge in [-0.2, -0.15) is 0 Å². The summed E-state index contributed by atoms with van der Waals surface area (Å²) in [6, 6.07) is 7.72. The van der Waals surface area contributed by atoms with Crippen LogP contribution in [0.15, 0.2) is 24.3 Å². The molecule has 0 bridgehead atoms. The van der Waals surface area contributed by atoms with E-state index in [0.717, 1.165) is 24.1 Å². The second-order valence-electron chi connectivity index (χ2n) is 5.77. The number of nitrogen functional groups attached to an aromatic ring is 1. The van der Waals surface area contributed by atoms with Crippen molar-refractivity contribution in [2.75, 3.05) is 25.4 Å². The number of hydrogen-bond acceptors (Lipinski definition) is 4. The predicted molar refractivity (Wildman–Crippen MR) is 88.9 cm³/mol. The van der Waals surface area contributed by atoms with E-state index in [-0.39, 0.29) is 18.0 Å². The van der Waals surface area contributed by atoms with E-state index in [1.165, 1.54) is 0 Å². The predicted octanol–water partition coefficient (Wildman–Crippen LogP) is 1.94. The number of rotatable bonds is 5. The van der Waals surface area contributed by atoms with E-state index in [2.05, 4.69) is 5.32 Å². The zero-order valence-corrected chi connectivity index (χ0v) is 13.6. The molecule has 0 radical (unpaired) electrons. The molecule has 6 nitrogen and oxygen atoms in total. The molecule has 0 aliphatic carbocycles. The molecule has 1 saturated heterocycles. The van der Waals surface area contributed by atoms with Gasteiger partial charge in [0.15, 0.2) is 0 Å². The molecule has 2 amide bonds. The van der Waals surface area contributed by atoms with Gasteiger partial charge in [0.05, 0.1) is 6.61 Å². The molecule has 0 spiro atoms. The van der Waals surface area contributed by atoms with Gasteiger partial charge in [-0.3, -0.25) is 4.79 Å². The van der Waals surface area contributed by atoms with E-state index in [1.54, 1.807) is 11.8 Å². The summed E-state index contributed by atoms with van der Waals surface area (Å²) in [6.45, 7) is 3.44. The SMILES string of the molecule is CCOC(=O)N1CCC(NC(=O)CCc2ccc(N)cc2)CC1. The Hall–Kier alpha value is -2.24. The van der Waals surface area contributed by atoms with Crippen LogP contribution >= 0.6 is 0 Å². The first-order valence-electron chi connectivity index (χ1n) is 8.14. The minimum atomic E-state index is -0.263. The van der Waals surface area contributed by atoms with Crippen LogP contribution in [0.4, 0.5) is 10.5 Å². The molecule has 1 fully saturated rings. The Morgan fingerprint density at radius 3 is 2.52 bits per heavy atom. The molecule has 3 N–H and O–H groups in total. The molecular weight excluding hydrogens is 294 g/mol. The first-order chi connectivity index (χ1) is 11.1. The normalized spacial score (nSPS) is 15.3. The third-order valence-electron chi connectivity index (χ3n) is 4.01. The summed E-state index contributed by atoms with van der Waals surface area (Å²) in [7, 11) is 0.